The Morgan fingerprint density at radius 2 is 1.54 bits per heavy atom. The van der Waals surface area contributed by atoms with Crippen molar-refractivity contribution >= 4 is 5.91 Å². The normalized spacial score (nSPS) is 12.0. The number of benzene rings is 2. The van der Waals surface area contributed by atoms with E-state index < -0.39 is 12.0 Å². The van der Waals surface area contributed by atoms with Crippen LogP contribution in [0.3, 0.4) is 0 Å². The van der Waals surface area contributed by atoms with E-state index in [1.54, 1.807) is 5.48 Å². The molecule has 5 heteroatoms. The second-order valence-electron chi connectivity index (χ2n) is 5.77. The molecule has 128 valence electrons. The van der Waals surface area contributed by atoms with Gasteiger partial charge in [-0.3, -0.25) is 10.0 Å². The zero-order valence-corrected chi connectivity index (χ0v) is 13.5. The van der Waals surface area contributed by atoms with Crippen molar-refractivity contribution < 1.29 is 20.2 Å². The third-order valence-electron chi connectivity index (χ3n) is 4.02. The molecule has 0 heterocycles. The second kappa shape index (κ2) is 9.17. The Labute approximate surface area is 141 Å². The fourth-order valence-corrected chi connectivity index (χ4v) is 2.55. The predicted molar refractivity (Wildman–Crippen MR) is 91.2 cm³/mol. The summed E-state index contributed by atoms with van der Waals surface area (Å²) in [6.45, 7) is 0.0331. The van der Waals surface area contributed by atoms with Crippen molar-refractivity contribution in [1.82, 2.24) is 5.48 Å². The van der Waals surface area contributed by atoms with Crippen LogP contribution >= 0.6 is 0 Å². The first-order chi connectivity index (χ1) is 11.6. The minimum Gasteiger partial charge on any atom is -0.392 e. The van der Waals surface area contributed by atoms with Gasteiger partial charge < -0.3 is 10.2 Å². The molecule has 1 amide bonds. The lowest BCUT2D eigenvalue weighted by Gasteiger charge is -2.12. The lowest BCUT2D eigenvalue weighted by atomic mass is 9.98. The van der Waals surface area contributed by atoms with Gasteiger partial charge in [0.25, 0.3) is 0 Å². The maximum atomic E-state index is 10.9. The molecule has 0 unspecified atom stereocenters. The van der Waals surface area contributed by atoms with Crippen LogP contribution in [-0.2, 0) is 11.4 Å². The van der Waals surface area contributed by atoms with Gasteiger partial charge in [0.2, 0.25) is 5.91 Å². The molecular formula is C19H23NO4. The van der Waals surface area contributed by atoms with Crippen LogP contribution in [0.25, 0.3) is 11.1 Å². The molecule has 2 aromatic rings. The highest BCUT2D eigenvalue weighted by Gasteiger charge is 2.08. The molecule has 2 rings (SSSR count). The van der Waals surface area contributed by atoms with Crippen LogP contribution in [0, 0.1) is 0 Å². The third-order valence-corrected chi connectivity index (χ3v) is 4.02. The number of nitrogens with one attached hydrogen (secondary N) is 1. The van der Waals surface area contributed by atoms with Crippen LogP contribution in [0.1, 0.15) is 42.9 Å². The number of aliphatic hydroxyl groups is 2. The summed E-state index contributed by atoms with van der Waals surface area (Å²) in [5, 5.41) is 27.7. The Hall–Kier alpha value is -2.21. The Morgan fingerprint density at radius 3 is 2.08 bits per heavy atom. The van der Waals surface area contributed by atoms with Crippen LogP contribution in [0.4, 0.5) is 0 Å². The molecule has 0 saturated carbocycles. The maximum absolute atomic E-state index is 10.9. The number of carbonyl (C=O) groups is 1. The van der Waals surface area contributed by atoms with E-state index in [9.17, 15) is 9.90 Å². The second-order valence-corrected chi connectivity index (χ2v) is 5.77. The van der Waals surface area contributed by atoms with Crippen LogP contribution < -0.4 is 5.48 Å². The summed E-state index contributed by atoms with van der Waals surface area (Å²) >= 11 is 0. The van der Waals surface area contributed by atoms with E-state index in [1.807, 2.05) is 48.5 Å². The number of unbranched alkanes of at least 4 members (excludes halogenated alkanes) is 1. The number of hydrogen-bond acceptors (Lipinski definition) is 4. The molecule has 24 heavy (non-hydrogen) atoms. The lowest BCUT2D eigenvalue weighted by molar-refractivity contribution is -0.129. The highest BCUT2D eigenvalue weighted by Crippen LogP contribution is 2.25. The van der Waals surface area contributed by atoms with Gasteiger partial charge in [0.05, 0.1) is 12.7 Å². The fraction of sp³-hybridized carbons (Fsp3) is 0.316. The average molecular weight is 329 g/mol. The fourth-order valence-electron chi connectivity index (χ4n) is 2.55. The monoisotopic (exact) mass is 329 g/mol. The zero-order chi connectivity index (χ0) is 17.4. The lowest BCUT2D eigenvalue weighted by Crippen LogP contribution is -2.17. The number of aliphatic hydroxyl groups excluding tert-OH is 2. The minimum atomic E-state index is -0.562. The number of hydroxylamine groups is 1. The van der Waals surface area contributed by atoms with E-state index in [0.29, 0.717) is 19.3 Å². The van der Waals surface area contributed by atoms with Gasteiger partial charge in [0.15, 0.2) is 0 Å². The Balaban J connectivity index is 1.89. The van der Waals surface area contributed by atoms with Crippen molar-refractivity contribution in [2.45, 2.75) is 38.4 Å². The molecule has 2 aromatic carbocycles. The number of rotatable bonds is 8. The van der Waals surface area contributed by atoms with Crippen LogP contribution in [0.2, 0.25) is 0 Å². The first-order valence-corrected chi connectivity index (χ1v) is 8.05. The Morgan fingerprint density at radius 1 is 0.958 bits per heavy atom. The van der Waals surface area contributed by atoms with Crippen molar-refractivity contribution in [1.29, 1.82) is 0 Å². The molecule has 1 atom stereocenters. The molecule has 0 bridgehead atoms. The van der Waals surface area contributed by atoms with E-state index in [-0.39, 0.29) is 13.0 Å². The number of amides is 1. The van der Waals surface area contributed by atoms with Crippen molar-refractivity contribution in [2.75, 3.05) is 0 Å². The van der Waals surface area contributed by atoms with Gasteiger partial charge in [-0.1, -0.05) is 55.0 Å². The highest BCUT2D eigenvalue weighted by molar-refractivity contribution is 5.74. The summed E-state index contributed by atoms with van der Waals surface area (Å²) in [5.74, 6) is -0.402. The van der Waals surface area contributed by atoms with Gasteiger partial charge in [0.1, 0.15) is 0 Å². The molecule has 0 aliphatic rings. The zero-order valence-electron chi connectivity index (χ0n) is 13.5. The van der Waals surface area contributed by atoms with E-state index >= 15 is 0 Å². The molecule has 0 aromatic heterocycles. The topological polar surface area (TPSA) is 89.8 Å². The van der Waals surface area contributed by atoms with E-state index in [2.05, 4.69) is 0 Å². The van der Waals surface area contributed by atoms with Crippen molar-refractivity contribution in [2.24, 2.45) is 0 Å². The van der Waals surface area contributed by atoms with Gasteiger partial charge in [0, 0.05) is 6.42 Å². The van der Waals surface area contributed by atoms with Gasteiger partial charge in [-0.25, -0.2) is 5.48 Å². The molecule has 5 nitrogen and oxygen atoms in total. The number of hydrogen-bond donors (Lipinski definition) is 4. The van der Waals surface area contributed by atoms with Crippen molar-refractivity contribution in [3.8, 4) is 11.1 Å². The van der Waals surface area contributed by atoms with Gasteiger partial charge in [-0.2, -0.15) is 0 Å². The molecule has 0 radical (unpaired) electrons. The summed E-state index contributed by atoms with van der Waals surface area (Å²) in [6, 6.07) is 15.4. The first kappa shape index (κ1) is 18.1. The van der Waals surface area contributed by atoms with Crippen molar-refractivity contribution in [3.05, 3.63) is 59.7 Å². The molecule has 0 aliphatic heterocycles. The smallest absolute Gasteiger partial charge is 0.243 e. The summed E-state index contributed by atoms with van der Waals surface area (Å²) in [7, 11) is 0. The molecule has 0 aliphatic carbocycles. The summed E-state index contributed by atoms with van der Waals surface area (Å²) < 4.78 is 0. The molecule has 0 spiro atoms. The number of carbonyl (C=O) groups excluding carboxylic acids is 1. The van der Waals surface area contributed by atoms with Crippen LogP contribution in [0.15, 0.2) is 48.5 Å². The largest absolute Gasteiger partial charge is 0.392 e. The standard InChI is InChI=1S/C19H23NO4/c21-13-14-5-7-15(8-6-14)16-9-11-17(12-10-16)18(22)3-1-2-4-19(23)20-24/h5-12,18,21-22,24H,1-4,13H2,(H,20,23)/t18-/m1/s1. The molecule has 0 fully saturated rings. The maximum Gasteiger partial charge on any atom is 0.243 e. The quantitative estimate of drug-likeness (QED) is 0.340. The Kier molecular flexibility index (Phi) is 6.93. The predicted octanol–water partition coefficient (Wildman–Crippen LogP) is 2.95. The summed E-state index contributed by atoms with van der Waals surface area (Å²) in [4.78, 5) is 10.9. The van der Waals surface area contributed by atoms with Crippen LogP contribution in [-0.4, -0.2) is 21.3 Å². The molecule has 4 N–H and O–H groups in total. The van der Waals surface area contributed by atoms with Gasteiger partial charge in [-0.05, 0) is 35.1 Å². The molecule has 0 saturated heterocycles. The molecular weight excluding hydrogens is 306 g/mol. The minimum absolute atomic E-state index is 0.0331. The van der Waals surface area contributed by atoms with Gasteiger partial charge in [-0.15, -0.1) is 0 Å². The van der Waals surface area contributed by atoms with E-state index in [4.69, 9.17) is 10.3 Å². The van der Waals surface area contributed by atoms with E-state index in [0.717, 1.165) is 22.3 Å². The van der Waals surface area contributed by atoms with Crippen LogP contribution in [0.5, 0.6) is 0 Å². The Bertz CT molecular complexity index is 637. The SMILES string of the molecule is O=C(CCCC[C@@H](O)c1ccc(-c2ccc(CO)cc2)cc1)NO. The van der Waals surface area contributed by atoms with Gasteiger partial charge >= 0.3 is 0 Å². The first-order valence-electron chi connectivity index (χ1n) is 8.05. The summed E-state index contributed by atoms with van der Waals surface area (Å²) in [5.41, 5.74) is 5.43. The third kappa shape index (κ3) is 5.16. The van der Waals surface area contributed by atoms with E-state index in [1.165, 1.54) is 0 Å². The average Bonchev–Trinajstić information content (AvgIpc) is 2.65. The summed E-state index contributed by atoms with van der Waals surface area (Å²) in [6.07, 6.45) is 1.60. The van der Waals surface area contributed by atoms with Crippen molar-refractivity contribution in [3.63, 3.8) is 0 Å². The highest BCUT2D eigenvalue weighted by atomic mass is 16.5.